The lowest BCUT2D eigenvalue weighted by Crippen LogP contribution is -2.47. The minimum Gasteiger partial charge on any atom is -0.455 e. The predicted molar refractivity (Wildman–Crippen MR) is 231 cm³/mol. The van der Waals surface area contributed by atoms with Gasteiger partial charge in [0.05, 0.1) is 59.7 Å². The van der Waals surface area contributed by atoms with Crippen molar-refractivity contribution < 1.29 is 37.1 Å². The molecule has 2 aromatic heterocycles. The summed E-state index contributed by atoms with van der Waals surface area (Å²) >= 11 is 6.21. The molecule has 0 bridgehead atoms. The summed E-state index contributed by atoms with van der Waals surface area (Å²) in [5, 5.41) is 16.4. The van der Waals surface area contributed by atoms with Crippen LogP contribution in [0.25, 0.3) is 16.6 Å². The van der Waals surface area contributed by atoms with E-state index in [1.54, 1.807) is 24.4 Å². The van der Waals surface area contributed by atoms with Crippen molar-refractivity contribution in [3.05, 3.63) is 117 Å². The van der Waals surface area contributed by atoms with Crippen LogP contribution >= 0.6 is 11.6 Å². The highest BCUT2D eigenvalue weighted by Crippen LogP contribution is 2.37. The number of halogens is 1. The normalized spacial score (nSPS) is 18.5. The number of fused-ring (bicyclic) bond motifs is 1. The van der Waals surface area contributed by atoms with Crippen LogP contribution in [0.15, 0.2) is 95.7 Å². The van der Waals surface area contributed by atoms with Crippen LogP contribution in [-0.2, 0) is 24.2 Å². The summed E-state index contributed by atoms with van der Waals surface area (Å²) in [6, 6.07) is 19.9. The van der Waals surface area contributed by atoms with Crippen LogP contribution in [0.4, 0.5) is 17.1 Å². The first-order chi connectivity index (χ1) is 29.3. The van der Waals surface area contributed by atoms with E-state index in [0.717, 1.165) is 48.8 Å². The molecule has 3 aromatic carbocycles. The summed E-state index contributed by atoms with van der Waals surface area (Å²) in [5.74, 6) is -0.551. The highest BCUT2D eigenvalue weighted by Gasteiger charge is 2.31. The van der Waals surface area contributed by atoms with E-state index in [-0.39, 0.29) is 35.3 Å². The number of hydrogen-bond donors (Lipinski definition) is 3. The highest BCUT2D eigenvalue weighted by molar-refractivity contribution is 7.90. The van der Waals surface area contributed by atoms with Crippen LogP contribution in [-0.4, -0.2) is 112 Å². The molecule has 2 fully saturated rings. The molecule has 2 saturated heterocycles. The van der Waals surface area contributed by atoms with E-state index < -0.39 is 31.4 Å². The summed E-state index contributed by atoms with van der Waals surface area (Å²) in [6.45, 7) is 9.78. The number of ether oxygens (including phenoxy) is 4. The van der Waals surface area contributed by atoms with Crippen molar-refractivity contribution in [2.75, 3.05) is 75.9 Å². The number of hydrogen-bond acceptors (Lipinski definition) is 13. The zero-order valence-corrected chi connectivity index (χ0v) is 35.3. The molecule has 3 aliphatic heterocycles. The summed E-state index contributed by atoms with van der Waals surface area (Å²) in [7, 11) is -4.59. The fraction of sp³-hybridized carbons (Fsp3) is 0.349. The Morgan fingerprint density at radius 1 is 1.05 bits per heavy atom. The van der Waals surface area contributed by atoms with Gasteiger partial charge in [-0.1, -0.05) is 23.7 Å². The maximum Gasteiger partial charge on any atom is 0.293 e. The third-order valence-corrected chi connectivity index (χ3v) is 12.5. The van der Waals surface area contributed by atoms with Crippen LogP contribution in [0, 0.1) is 10.1 Å². The van der Waals surface area contributed by atoms with Gasteiger partial charge in [-0.3, -0.25) is 19.8 Å². The molecule has 1 unspecified atom stereocenters. The van der Waals surface area contributed by atoms with Gasteiger partial charge in [0.2, 0.25) is 0 Å². The molecule has 3 N–H and O–H groups in total. The standard InChI is InChI=1S/C43H46ClN7O9S/c1-43(2)22-37(28-3-5-31(44)6-4-28)30(26-59-43)25-49-13-15-50(16-14-49)32-7-9-36(40(20-32)60-33-19-29-11-12-45-41(29)47-23-33)42(52)48-61(55,56)35-8-10-38(39(21-35)51(53)54)46-24-34-27-57-17-18-58-34/h3-12,19-21,23,34,46H,13-18,22,24-27H2,1-2H3,(H,45,47)(H,48,52). The van der Waals surface area contributed by atoms with E-state index >= 15 is 0 Å². The third kappa shape index (κ3) is 9.99. The molecule has 8 rings (SSSR count). The van der Waals surface area contributed by atoms with Crippen molar-refractivity contribution in [3.8, 4) is 11.5 Å². The smallest absolute Gasteiger partial charge is 0.293 e. The first-order valence-corrected chi connectivity index (χ1v) is 21.8. The number of aromatic amines is 1. The first-order valence-electron chi connectivity index (χ1n) is 19.9. The third-order valence-electron chi connectivity index (χ3n) is 10.9. The average molecular weight is 872 g/mol. The van der Waals surface area contributed by atoms with Crippen LogP contribution < -0.4 is 19.7 Å². The van der Waals surface area contributed by atoms with Gasteiger partial charge in [-0.25, -0.2) is 18.1 Å². The molecular weight excluding hydrogens is 826 g/mol. The van der Waals surface area contributed by atoms with Crippen LogP contribution in [0.3, 0.4) is 0 Å². The van der Waals surface area contributed by atoms with Gasteiger partial charge in [-0.2, -0.15) is 0 Å². The maximum atomic E-state index is 13.9. The van der Waals surface area contributed by atoms with Crippen molar-refractivity contribution in [3.63, 3.8) is 0 Å². The molecule has 18 heteroatoms. The van der Waals surface area contributed by atoms with Crippen molar-refractivity contribution >= 4 is 61.2 Å². The number of nitrogens with zero attached hydrogens (tertiary/aromatic N) is 4. The van der Waals surface area contributed by atoms with Gasteiger partial charge in [0.15, 0.2) is 0 Å². The number of carbonyl (C=O) groups is 1. The average Bonchev–Trinajstić information content (AvgIpc) is 3.72. The van der Waals surface area contributed by atoms with Gasteiger partial charge in [0.25, 0.3) is 21.6 Å². The first kappa shape index (κ1) is 42.1. The zero-order chi connectivity index (χ0) is 42.7. The second kappa shape index (κ2) is 17.8. The van der Waals surface area contributed by atoms with Gasteiger partial charge in [0, 0.05) is 80.1 Å². The number of amides is 1. The second-order valence-electron chi connectivity index (χ2n) is 15.8. The number of benzene rings is 3. The molecule has 5 heterocycles. The minimum absolute atomic E-state index is 0.0653. The molecule has 61 heavy (non-hydrogen) atoms. The monoisotopic (exact) mass is 871 g/mol. The topological polar surface area (TPSA) is 190 Å². The van der Waals surface area contributed by atoms with Crippen molar-refractivity contribution in [1.29, 1.82) is 0 Å². The van der Waals surface area contributed by atoms with Gasteiger partial charge >= 0.3 is 0 Å². The number of nitrogens with one attached hydrogen (secondary N) is 3. The van der Waals surface area contributed by atoms with E-state index in [4.69, 9.17) is 30.5 Å². The lowest BCUT2D eigenvalue weighted by atomic mass is 9.87. The molecule has 0 saturated carbocycles. The van der Waals surface area contributed by atoms with E-state index in [1.165, 1.54) is 35.5 Å². The van der Waals surface area contributed by atoms with Crippen LogP contribution in [0.5, 0.6) is 11.5 Å². The van der Waals surface area contributed by atoms with Gasteiger partial charge < -0.3 is 34.1 Å². The minimum atomic E-state index is -4.59. The summed E-state index contributed by atoms with van der Waals surface area (Å²) in [6.07, 6.45) is 3.72. The van der Waals surface area contributed by atoms with E-state index in [2.05, 4.69) is 55.8 Å². The Morgan fingerprint density at radius 3 is 2.61 bits per heavy atom. The highest BCUT2D eigenvalue weighted by atomic mass is 35.5. The molecule has 16 nitrogen and oxygen atoms in total. The number of pyridine rings is 1. The quantitative estimate of drug-likeness (QED) is 0.0845. The van der Waals surface area contributed by atoms with Gasteiger partial charge in [0.1, 0.15) is 22.8 Å². The predicted octanol–water partition coefficient (Wildman–Crippen LogP) is 6.64. The van der Waals surface area contributed by atoms with Crippen molar-refractivity contribution in [1.82, 2.24) is 19.6 Å². The van der Waals surface area contributed by atoms with Gasteiger partial charge in [-0.15, -0.1) is 0 Å². The number of carbonyl (C=O) groups excluding carboxylic acids is 1. The lowest BCUT2D eigenvalue weighted by molar-refractivity contribution is -0.384. The van der Waals surface area contributed by atoms with E-state index in [1.807, 2.05) is 18.2 Å². The molecule has 320 valence electrons. The number of piperazine rings is 1. The fourth-order valence-corrected chi connectivity index (χ4v) is 8.79. The summed E-state index contributed by atoms with van der Waals surface area (Å²) < 4.78 is 52.9. The molecular formula is C43H46ClN7O9S. The molecule has 0 aliphatic carbocycles. The molecule has 5 aromatic rings. The van der Waals surface area contributed by atoms with E-state index in [9.17, 15) is 23.3 Å². The number of anilines is 2. The lowest BCUT2D eigenvalue weighted by Gasteiger charge is -2.39. The molecule has 1 atom stereocenters. The second-order valence-corrected chi connectivity index (χ2v) is 17.9. The molecule has 0 spiro atoms. The largest absolute Gasteiger partial charge is 0.455 e. The molecule has 1 amide bonds. The molecule has 0 radical (unpaired) electrons. The summed E-state index contributed by atoms with van der Waals surface area (Å²) in [4.78, 5) is 36.8. The maximum absolute atomic E-state index is 13.9. The Hall–Kier alpha value is -5.56. The van der Waals surface area contributed by atoms with Gasteiger partial charge in [-0.05, 0) is 79.1 Å². The Kier molecular flexibility index (Phi) is 12.3. The van der Waals surface area contributed by atoms with Crippen molar-refractivity contribution in [2.45, 2.75) is 36.9 Å². The number of nitro benzene ring substituents is 1. The zero-order valence-electron chi connectivity index (χ0n) is 33.7. The van der Waals surface area contributed by atoms with Crippen molar-refractivity contribution in [2.24, 2.45) is 0 Å². The fourth-order valence-electron chi connectivity index (χ4n) is 7.68. The number of aromatic nitrogens is 2. The van der Waals surface area contributed by atoms with Crippen LogP contribution in [0.2, 0.25) is 5.02 Å². The number of H-pyrrole nitrogens is 1. The Labute approximate surface area is 358 Å². The SMILES string of the molecule is CC1(C)CC(c2ccc(Cl)cc2)=C(CN2CCN(c3ccc(C(=O)NS(=O)(=O)c4ccc(NCC5COCCO5)c([N+](=O)[O-])c4)c(Oc4cnc5[nH]ccc5c4)c3)CC2)CO1. The number of nitro groups is 1. The van der Waals surface area contributed by atoms with E-state index in [0.29, 0.717) is 55.9 Å². The Balaban J connectivity index is 1.00. The molecule has 3 aliphatic rings. The van der Waals surface area contributed by atoms with Crippen LogP contribution in [0.1, 0.15) is 36.2 Å². The number of rotatable bonds is 13. The number of sulfonamides is 1. The Bertz CT molecular complexity index is 2570. The summed E-state index contributed by atoms with van der Waals surface area (Å²) in [5.41, 5.74) is 4.36. The Morgan fingerprint density at radius 2 is 1.85 bits per heavy atom.